The lowest BCUT2D eigenvalue weighted by Gasteiger charge is -2.13. The second kappa shape index (κ2) is 10.6. The van der Waals surface area contributed by atoms with Gasteiger partial charge in [0.2, 0.25) is 17.9 Å². The molecule has 0 bridgehead atoms. The Bertz CT molecular complexity index is 1940. The molecular weight excluding hydrogens is 540 g/mol. The van der Waals surface area contributed by atoms with Gasteiger partial charge in [0, 0.05) is 35.0 Å². The number of carbonyl (C=O) groups excluding carboxylic acids is 1. The molecule has 1 aliphatic carbocycles. The zero-order chi connectivity index (χ0) is 29.5. The minimum Gasteiger partial charge on any atom is -0.420 e. The van der Waals surface area contributed by atoms with E-state index in [1.165, 1.54) is 0 Å². The van der Waals surface area contributed by atoms with Crippen LogP contribution in [0.1, 0.15) is 52.7 Å². The first-order valence-corrected chi connectivity index (χ1v) is 14.0. The number of nitrogens with zero attached hydrogens (tertiary/aromatic N) is 6. The fourth-order valence-electron chi connectivity index (χ4n) is 5.06. The zero-order valence-corrected chi connectivity index (χ0v) is 23.5. The van der Waals surface area contributed by atoms with Gasteiger partial charge in [-0.25, -0.2) is 19.9 Å². The number of carbonyl (C=O) groups is 1. The van der Waals surface area contributed by atoms with E-state index in [2.05, 4.69) is 31.7 Å². The largest absolute Gasteiger partial charge is 0.420 e. The van der Waals surface area contributed by atoms with Crippen LogP contribution in [0.25, 0.3) is 22.7 Å². The molecule has 10 nitrogen and oxygen atoms in total. The summed E-state index contributed by atoms with van der Waals surface area (Å²) < 4.78 is 6.22. The number of aryl methyl sites for hydroxylation is 2. The van der Waals surface area contributed by atoms with E-state index in [-0.39, 0.29) is 17.7 Å². The number of oxazole rings is 1. The van der Waals surface area contributed by atoms with Crippen LogP contribution in [0.5, 0.6) is 0 Å². The Balaban J connectivity index is 1.27. The summed E-state index contributed by atoms with van der Waals surface area (Å²) in [5.41, 5.74) is 6.29. The van der Waals surface area contributed by atoms with Crippen molar-refractivity contribution in [3.8, 4) is 28.8 Å². The Morgan fingerprint density at radius 2 is 1.67 bits per heavy atom. The van der Waals surface area contributed by atoms with Crippen LogP contribution in [0, 0.1) is 25.2 Å². The zero-order valence-electron chi connectivity index (χ0n) is 23.5. The van der Waals surface area contributed by atoms with Gasteiger partial charge in [-0.05, 0) is 38.8 Å². The number of nitrogens with one attached hydrogen (secondary N) is 2. The second-order valence-electron chi connectivity index (χ2n) is 10.6. The highest BCUT2D eigenvalue weighted by molar-refractivity contribution is 6.19. The van der Waals surface area contributed by atoms with Crippen LogP contribution in [0.2, 0.25) is 0 Å². The Labute approximate surface area is 247 Å². The molecule has 1 saturated carbocycles. The lowest BCUT2D eigenvalue weighted by atomic mass is 10.0. The Morgan fingerprint density at radius 1 is 0.930 bits per heavy atom. The van der Waals surface area contributed by atoms with Crippen LogP contribution in [-0.2, 0) is 4.79 Å². The number of pyridine rings is 1. The summed E-state index contributed by atoms with van der Waals surface area (Å²) in [4.78, 5) is 36.7. The molecule has 1 atom stereocenters. The number of rotatable bonds is 6. The summed E-state index contributed by atoms with van der Waals surface area (Å²) in [6.07, 6.45) is 4.70. The van der Waals surface area contributed by atoms with Gasteiger partial charge >= 0.3 is 0 Å². The van der Waals surface area contributed by atoms with Crippen molar-refractivity contribution in [3.05, 3.63) is 107 Å². The van der Waals surface area contributed by atoms with Crippen LogP contribution >= 0.6 is 0 Å². The number of amides is 1. The Kier molecular flexibility index (Phi) is 6.47. The van der Waals surface area contributed by atoms with E-state index >= 15 is 0 Å². The van der Waals surface area contributed by atoms with Gasteiger partial charge in [0.25, 0.3) is 5.91 Å². The summed E-state index contributed by atoms with van der Waals surface area (Å²) in [6, 6.07) is 21.2. The number of benzene rings is 2. The number of para-hydroxylation sites is 1. The molecule has 2 aliphatic rings. The molecule has 1 aliphatic heterocycles. The van der Waals surface area contributed by atoms with E-state index in [1.54, 1.807) is 32.3 Å². The van der Waals surface area contributed by atoms with Crippen molar-refractivity contribution in [2.24, 2.45) is 4.99 Å². The van der Waals surface area contributed by atoms with E-state index in [1.807, 2.05) is 54.6 Å². The van der Waals surface area contributed by atoms with Crippen LogP contribution in [-0.4, -0.2) is 37.7 Å². The quantitative estimate of drug-likeness (QED) is 0.263. The van der Waals surface area contributed by atoms with Crippen LogP contribution in [0.15, 0.2) is 82.5 Å². The normalized spacial score (nSPS) is 16.0. The number of benzodiazepines with no additional fused rings is 1. The minimum atomic E-state index is -1.00. The van der Waals surface area contributed by atoms with E-state index < -0.39 is 6.17 Å². The van der Waals surface area contributed by atoms with Crippen LogP contribution in [0.4, 0.5) is 11.6 Å². The van der Waals surface area contributed by atoms with Crippen molar-refractivity contribution in [2.75, 3.05) is 10.6 Å². The summed E-state index contributed by atoms with van der Waals surface area (Å²) >= 11 is 0. The predicted octanol–water partition coefficient (Wildman–Crippen LogP) is 5.79. The molecule has 5 aromatic rings. The van der Waals surface area contributed by atoms with Gasteiger partial charge in [-0.15, -0.1) is 0 Å². The van der Waals surface area contributed by atoms with Crippen molar-refractivity contribution in [3.63, 3.8) is 0 Å². The topological polar surface area (TPSA) is 142 Å². The molecular formula is C33H26N8O2. The van der Waals surface area contributed by atoms with Crippen molar-refractivity contribution in [1.82, 2.24) is 19.9 Å². The first-order chi connectivity index (χ1) is 21.0. The third-order valence-electron chi connectivity index (χ3n) is 7.51. The van der Waals surface area contributed by atoms with Crippen molar-refractivity contribution in [1.29, 1.82) is 5.26 Å². The molecule has 210 valence electrons. The number of fused-ring (bicyclic) bond motifs is 1. The van der Waals surface area contributed by atoms with Gasteiger partial charge in [-0.1, -0.05) is 48.5 Å². The van der Waals surface area contributed by atoms with Crippen LogP contribution < -0.4 is 10.6 Å². The maximum Gasteiger partial charge on any atom is 0.269 e. The molecule has 0 spiro atoms. The maximum atomic E-state index is 13.4. The number of anilines is 2. The standard InChI is InChI=1S/C33H26N8O2/c1-18-22(15-34)14-25(28(37-18)23-16-35-29(36-17-23)21-12-13-21)33-38-19(2)32(43-33)41-30-31(42)39-26-11-7-6-10-24(26)27(40-30)20-8-4-3-5-9-20/h3-11,14,16-17,21,30,41H,12-13H2,1-2H3,(H,39,42)/t30-/m1/s1. The number of hydrogen-bond donors (Lipinski definition) is 2. The van der Waals surface area contributed by atoms with Gasteiger partial charge in [0.05, 0.1) is 33.9 Å². The number of nitriles is 1. The molecule has 4 heterocycles. The van der Waals surface area contributed by atoms with Gasteiger partial charge < -0.3 is 15.1 Å². The lowest BCUT2D eigenvalue weighted by molar-refractivity contribution is -0.116. The fourth-order valence-corrected chi connectivity index (χ4v) is 5.06. The van der Waals surface area contributed by atoms with Gasteiger partial charge in [0.1, 0.15) is 17.6 Å². The van der Waals surface area contributed by atoms with Gasteiger partial charge in [0.15, 0.2) is 0 Å². The monoisotopic (exact) mass is 566 g/mol. The third kappa shape index (κ3) is 5.02. The number of aliphatic imine (C=N–C) groups is 1. The molecule has 1 amide bonds. The van der Waals surface area contributed by atoms with Gasteiger partial charge in [-0.3, -0.25) is 9.78 Å². The predicted molar refractivity (Wildman–Crippen MR) is 161 cm³/mol. The molecule has 7 rings (SSSR count). The van der Waals surface area contributed by atoms with Gasteiger partial charge in [-0.2, -0.15) is 5.26 Å². The molecule has 10 heteroatoms. The van der Waals surface area contributed by atoms with E-state index in [9.17, 15) is 10.1 Å². The first kappa shape index (κ1) is 26.2. The maximum absolute atomic E-state index is 13.4. The fraction of sp³-hybridized carbons (Fsp3) is 0.182. The Morgan fingerprint density at radius 3 is 2.42 bits per heavy atom. The molecule has 2 aromatic carbocycles. The minimum absolute atomic E-state index is 0.245. The van der Waals surface area contributed by atoms with E-state index in [0.29, 0.717) is 51.1 Å². The molecule has 0 saturated heterocycles. The average Bonchev–Trinajstić information content (AvgIpc) is 3.84. The number of aromatic nitrogens is 4. The molecule has 1 fully saturated rings. The lowest BCUT2D eigenvalue weighted by Crippen LogP contribution is -2.32. The Hall–Kier alpha value is -5.69. The van der Waals surface area contributed by atoms with E-state index in [4.69, 9.17) is 14.4 Å². The summed E-state index contributed by atoms with van der Waals surface area (Å²) in [6.45, 7) is 3.56. The highest BCUT2D eigenvalue weighted by Crippen LogP contribution is 2.39. The third-order valence-corrected chi connectivity index (χ3v) is 7.51. The number of hydrogen-bond acceptors (Lipinski definition) is 9. The smallest absolute Gasteiger partial charge is 0.269 e. The summed E-state index contributed by atoms with van der Waals surface area (Å²) in [5, 5.41) is 15.9. The molecule has 43 heavy (non-hydrogen) atoms. The highest BCUT2D eigenvalue weighted by Gasteiger charge is 2.29. The molecule has 0 unspecified atom stereocenters. The SMILES string of the molecule is Cc1nc(-c2cnc(C3CC3)nc2)c(-c2nc(C)c(N[C@H]3N=C(c4ccccc4)c4ccccc4NC3=O)o2)cc1C#N. The van der Waals surface area contributed by atoms with Crippen molar-refractivity contribution < 1.29 is 9.21 Å². The van der Waals surface area contributed by atoms with Crippen molar-refractivity contribution >= 4 is 23.2 Å². The summed E-state index contributed by atoms with van der Waals surface area (Å²) in [7, 11) is 0. The molecule has 2 N–H and O–H groups in total. The van der Waals surface area contributed by atoms with Crippen molar-refractivity contribution in [2.45, 2.75) is 38.8 Å². The summed E-state index contributed by atoms with van der Waals surface area (Å²) in [5.74, 6) is 1.44. The van der Waals surface area contributed by atoms with Crippen LogP contribution in [0.3, 0.4) is 0 Å². The second-order valence-corrected chi connectivity index (χ2v) is 10.6. The first-order valence-electron chi connectivity index (χ1n) is 14.0. The molecule has 0 radical (unpaired) electrons. The average molecular weight is 567 g/mol. The molecule has 3 aromatic heterocycles. The van der Waals surface area contributed by atoms with E-state index in [0.717, 1.165) is 29.8 Å². The highest BCUT2D eigenvalue weighted by atomic mass is 16.4.